The second-order valence-electron chi connectivity index (χ2n) is 7.19. The van der Waals surface area contributed by atoms with E-state index in [9.17, 15) is 9.59 Å². The zero-order valence-electron chi connectivity index (χ0n) is 17.1. The van der Waals surface area contributed by atoms with Crippen LogP contribution in [-0.4, -0.2) is 61.0 Å². The Kier molecular flexibility index (Phi) is 9.08. The maximum atomic E-state index is 12.4. The maximum absolute atomic E-state index is 12.4. The Morgan fingerprint density at radius 3 is 2.19 bits per heavy atom. The third-order valence-electron chi connectivity index (χ3n) is 4.93. The molecule has 0 bridgehead atoms. The molecule has 2 aromatic rings. The lowest BCUT2D eigenvalue weighted by molar-refractivity contribution is -0.116. The van der Waals surface area contributed by atoms with Gasteiger partial charge in [0.1, 0.15) is 0 Å². The fourth-order valence-electron chi connectivity index (χ4n) is 3.14. The van der Waals surface area contributed by atoms with Crippen LogP contribution in [0.4, 0.5) is 10.5 Å². The fraction of sp³-hybridized carbons (Fsp3) is 0.273. The number of benzene rings is 2. The molecule has 1 aliphatic rings. The van der Waals surface area contributed by atoms with Gasteiger partial charge in [-0.05, 0) is 42.0 Å². The molecule has 1 heterocycles. The maximum Gasteiger partial charge on any atom is 0.321 e. The average molecular weight is 516 g/mol. The molecule has 0 radical (unpaired) electrons. The Morgan fingerprint density at radius 2 is 1.53 bits per heavy atom. The van der Waals surface area contributed by atoms with Crippen LogP contribution in [0.3, 0.4) is 0 Å². The van der Waals surface area contributed by atoms with Gasteiger partial charge in [-0.3, -0.25) is 9.69 Å². The third-order valence-corrected chi connectivity index (χ3v) is 6.41. The minimum Gasteiger partial charge on any atom is -0.351 e. The van der Waals surface area contributed by atoms with Crippen molar-refractivity contribution in [2.75, 3.05) is 44.6 Å². The number of hydrogen-bond acceptors (Lipinski definition) is 3. The number of carbonyl (C=O) groups is 2. The van der Waals surface area contributed by atoms with Gasteiger partial charge in [0.15, 0.2) is 0 Å². The van der Waals surface area contributed by atoms with E-state index in [4.69, 9.17) is 46.4 Å². The fourth-order valence-corrected chi connectivity index (χ4v) is 3.74. The van der Waals surface area contributed by atoms with Crippen molar-refractivity contribution in [1.82, 2.24) is 15.1 Å². The van der Waals surface area contributed by atoms with Gasteiger partial charge in [0.25, 0.3) is 0 Å². The number of carbonyl (C=O) groups excluding carboxylic acids is 2. The van der Waals surface area contributed by atoms with Gasteiger partial charge >= 0.3 is 6.03 Å². The molecule has 3 amide bonds. The summed E-state index contributed by atoms with van der Waals surface area (Å²) in [6.07, 6.45) is 3.15. The summed E-state index contributed by atoms with van der Waals surface area (Å²) >= 11 is 23.7. The van der Waals surface area contributed by atoms with Crippen molar-refractivity contribution >= 4 is 70.1 Å². The molecule has 0 aromatic heterocycles. The molecule has 10 heteroatoms. The molecule has 2 N–H and O–H groups in total. The van der Waals surface area contributed by atoms with Crippen LogP contribution in [0.1, 0.15) is 5.56 Å². The van der Waals surface area contributed by atoms with Gasteiger partial charge in [0, 0.05) is 51.0 Å². The number of rotatable bonds is 6. The summed E-state index contributed by atoms with van der Waals surface area (Å²) < 4.78 is 0. The quantitative estimate of drug-likeness (QED) is 0.514. The van der Waals surface area contributed by atoms with Gasteiger partial charge in [-0.1, -0.05) is 52.5 Å². The molecule has 1 saturated heterocycles. The largest absolute Gasteiger partial charge is 0.351 e. The minimum absolute atomic E-state index is 0.177. The first-order valence-electron chi connectivity index (χ1n) is 9.96. The van der Waals surface area contributed by atoms with Crippen LogP contribution in [0.5, 0.6) is 0 Å². The van der Waals surface area contributed by atoms with Crippen molar-refractivity contribution in [3.05, 3.63) is 68.1 Å². The first-order valence-corrected chi connectivity index (χ1v) is 11.5. The van der Waals surface area contributed by atoms with Crippen molar-refractivity contribution < 1.29 is 9.59 Å². The van der Waals surface area contributed by atoms with Gasteiger partial charge in [-0.25, -0.2) is 4.79 Å². The molecule has 0 unspecified atom stereocenters. The van der Waals surface area contributed by atoms with Crippen LogP contribution in [0.25, 0.3) is 6.08 Å². The highest BCUT2D eigenvalue weighted by atomic mass is 35.5. The zero-order valence-corrected chi connectivity index (χ0v) is 20.1. The number of piperazine rings is 1. The number of halogens is 4. The van der Waals surface area contributed by atoms with Crippen molar-refractivity contribution in [2.24, 2.45) is 0 Å². The van der Waals surface area contributed by atoms with E-state index in [0.717, 1.165) is 18.7 Å². The van der Waals surface area contributed by atoms with Crippen LogP contribution >= 0.6 is 46.4 Å². The summed E-state index contributed by atoms with van der Waals surface area (Å²) in [5.41, 5.74) is 1.40. The van der Waals surface area contributed by atoms with Crippen molar-refractivity contribution in [1.29, 1.82) is 0 Å². The number of amides is 3. The molecular formula is C22H22Cl4N4O2. The van der Waals surface area contributed by atoms with Crippen LogP contribution in [-0.2, 0) is 4.79 Å². The van der Waals surface area contributed by atoms with Gasteiger partial charge in [0.05, 0.1) is 20.1 Å². The molecule has 1 aliphatic heterocycles. The lowest BCUT2D eigenvalue weighted by atomic mass is 10.2. The molecule has 0 spiro atoms. The Morgan fingerprint density at radius 1 is 0.875 bits per heavy atom. The van der Waals surface area contributed by atoms with Crippen LogP contribution in [0, 0.1) is 0 Å². The van der Waals surface area contributed by atoms with Gasteiger partial charge < -0.3 is 15.5 Å². The molecule has 6 nitrogen and oxygen atoms in total. The number of nitrogens with zero attached hydrogens (tertiary/aromatic N) is 2. The smallest absolute Gasteiger partial charge is 0.321 e. The monoisotopic (exact) mass is 514 g/mol. The van der Waals surface area contributed by atoms with Crippen LogP contribution < -0.4 is 10.6 Å². The normalized spacial score (nSPS) is 14.6. The highest BCUT2D eigenvalue weighted by Crippen LogP contribution is 2.25. The van der Waals surface area contributed by atoms with Gasteiger partial charge in [0.2, 0.25) is 5.91 Å². The number of hydrogen-bond donors (Lipinski definition) is 2. The lowest BCUT2D eigenvalue weighted by Crippen LogP contribution is -2.51. The molecule has 170 valence electrons. The zero-order chi connectivity index (χ0) is 23.1. The van der Waals surface area contributed by atoms with Crippen molar-refractivity contribution in [3.63, 3.8) is 0 Å². The molecular weight excluding hydrogens is 494 g/mol. The first-order chi connectivity index (χ1) is 15.3. The number of urea groups is 1. The van der Waals surface area contributed by atoms with E-state index in [-0.39, 0.29) is 11.9 Å². The van der Waals surface area contributed by atoms with E-state index in [2.05, 4.69) is 15.5 Å². The van der Waals surface area contributed by atoms with E-state index in [1.807, 2.05) is 0 Å². The second kappa shape index (κ2) is 11.8. The minimum atomic E-state index is -0.185. The van der Waals surface area contributed by atoms with Gasteiger partial charge in [-0.15, -0.1) is 0 Å². The molecule has 1 fully saturated rings. The first kappa shape index (κ1) is 24.7. The molecule has 0 atom stereocenters. The molecule has 32 heavy (non-hydrogen) atoms. The van der Waals surface area contributed by atoms with E-state index in [1.165, 1.54) is 6.08 Å². The molecule has 3 rings (SSSR count). The standard InChI is InChI=1S/C22H22Cl4N4O2/c23-17-4-1-15(13-19(17)25)2-6-21(31)27-7-8-29-9-11-30(12-10-29)22(32)28-16-3-5-18(24)20(26)14-16/h1-6,13-14H,7-12H2,(H,27,31)(H,28,32)/b6-2+. The Hall–Kier alpha value is -1.96. The number of anilines is 1. The summed E-state index contributed by atoms with van der Waals surface area (Å²) in [4.78, 5) is 28.4. The Bertz CT molecular complexity index is 1010. The molecule has 0 aliphatic carbocycles. The summed E-state index contributed by atoms with van der Waals surface area (Å²) in [6, 6.07) is 9.97. The predicted molar refractivity (Wildman–Crippen MR) is 132 cm³/mol. The van der Waals surface area contributed by atoms with Crippen LogP contribution in [0.2, 0.25) is 20.1 Å². The molecule has 2 aromatic carbocycles. The van der Waals surface area contributed by atoms with E-state index in [0.29, 0.717) is 52.0 Å². The highest BCUT2D eigenvalue weighted by molar-refractivity contribution is 6.42. The predicted octanol–water partition coefficient (Wildman–Crippen LogP) is 5.28. The Balaban J connectivity index is 1.36. The van der Waals surface area contributed by atoms with Crippen LogP contribution in [0.15, 0.2) is 42.5 Å². The average Bonchev–Trinajstić information content (AvgIpc) is 2.77. The van der Waals surface area contributed by atoms with E-state index < -0.39 is 0 Å². The lowest BCUT2D eigenvalue weighted by Gasteiger charge is -2.34. The van der Waals surface area contributed by atoms with Crippen molar-refractivity contribution in [2.45, 2.75) is 0 Å². The second-order valence-corrected chi connectivity index (χ2v) is 8.81. The summed E-state index contributed by atoms with van der Waals surface area (Å²) in [6.45, 7) is 3.86. The van der Waals surface area contributed by atoms with Crippen molar-refractivity contribution in [3.8, 4) is 0 Å². The summed E-state index contributed by atoms with van der Waals surface area (Å²) in [5, 5.41) is 7.44. The Labute approximate surface area is 207 Å². The molecule has 0 saturated carbocycles. The third kappa shape index (κ3) is 7.29. The summed E-state index contributed by atoms with van der Waals surface area (Å²) in [7, 11) is 0. The summed E-state index contributed by atoms with van der Waals surface area (Å²) in [5.74, 6) is -0.185. The van der Waals surface area contributed by atoms with Gasteiger partial charge in [-0.2, -0.15) is 0 Å². The van der Waals surface area contributed by atoms with E-state index in [1.54, 1.807) is 47.4 Å². The topological polar surface area (TPSA) is 64.7 Å². The number of nitrogens with one attached hydrogen (secondary N) is 2. The SMILES string of the molecule is O=C(/C=C/c1ccc(Cl)c(Cl)c1)NCCN1CCN(C(=O)Nc2ccc(Cl)c(Cl)c2)CC1. The van der Waals surface area contributed by atoms with E-state index >= 15 is 0 Å². The highest BCUT2D eigenvalue weighted by Gasteiger charge is 2.21.